The van der Waals surface area contributed by atoms with Crippen LogP contribution in [0.25, 0.3) is 0 Å². The smallest absolute Gasteiger partial charge is 0.0681 e. The van der Waals surface area contributed by atoms with Gasteiger partial charge in [0.1, 0.15) is 0 Å². The average molecular weight is 275 g/mol. The zero-order chi connectivity index (χ0) is 13.7. The summed E-state index contributed by atoms with van der Waals surface area (Å²) in [5.41, 5.74) is 2.28. The topological polar surface area (TPSA) is 32.3 Å². The summed E-state index contributed by atoms with van der Waals surface area (Å²) in [6, 6.07) is 12.9. The number of aryl methyl sites for hydroxylation is 1. The van der Waals surface area contributed by atoms with Gasteiger partial charge in [-0.25, -0.2) is 0 Å². The summed E-state index contributed by atoms with van der Waals surface area (Å²) < 4.78 is 0. The first-order chi connectivity index (χ1) is 9.19. The van der Waals surface area contributed by atoms with Crippen molar-refractivity contribution in [1.29, 1.82) is 0 Å². The lowest BCUT2D eigenvalue weighted by molar-refractivity contribution is 0.282. The van der Waals surface area contributed by atoms with Crippen LogP contribution in [0.15, 0.2) is 36.4 Å². The molecule has 0 spiro atoms. The van der Waals surface area contributed by atoms with Gasteiger partial charge in [-0.2, -0.15) is 0 Å². The first-order valence-electron chi connectivity index (χ1n) is 6.67. The van der Waals surface area contributed by atoms with Crippen LogP contribution in [-0.4, -0.2) is 11.7 Å². The van der Waals surface area contributed by atoms with Crippen LogP contribution in [-0.2, 0) is 13.0 Å². The Morgan fingerprint density at radius 2 is 1.79 bits per heavy atom. The highest BCUT2D eigenvalue weighted by Gasteiger charge is 2.06. The Morgan fingerprint density at radius 1 is 1.11 bits per heavy atom. The van der Waals surface area contributed by atoms with E-state index < -0.39 is 0 Å². The zero-order valence-electron chi connectivity index (χ0n) is 11.5. The van der Waals surface area contributed by atoms with Crippen LogP contribution in [0.3, 0.4) is 0 Å². The molecule has 0 saturated carbocycles. The number of thiophene rings is 1. The quantitative estimate of drug-likeness (QED) is 0.846. The maximum atomic E-state index is 8.99. The van der Waals surface area contributed by atoms with Gasteiger partial charge in [0.25, 0.3) is 0 Å². The normalized spacial score (nSPS) is 12.6. The van der Waals surface area contributed by atoms with Crippen molar-refractivity contribution >= 4 is 11.3 Å². The fourth-order valence-corrected chi connectivity index (χ4v) is 2.94. The van der Waals surface area contributed by atoms with Gasteiger partial charge in [0.05, 0.1) is 6.61 Å². The lowest BCUT2D eigenvalue weighted by atomic mass is 10.1. The van der Waals surface area contributed by atoms with E-state index in [1.807, 2.05) is 23.5 Å². The second-order valence-corrected chi connectivity index (χ2v) is 6.17. The minimum absolute atomic E-state index is 0.118. The third-order valence-corrected chi connectivity index (χ3v) is 4.44. The van der Waals surface area contributed by atoms with E-state index in [0.717, 1.165) is 18.5 Å². The SMILES string of the molecule is Cc1ccc(C(C)NCCc2ccc(CO)cc2)s1. The summed E-state index contributed by atoms with van der Waals surface area (Å²) >= 11 is 1.86. The molecule has 0 aliphatic rings. The summed E-state index contributed by atoms with van der Waals surface area (Å²) in [5, 5.41) is 12.5. The molecule has 1 aromatic heterocycles. The largest absolute Gasteiger partial charge is 0.392 e. The molecular formula is C16H21NOS. The van der Waals surface area contributed by atoms with Gasteiger partial charge in [-0.1, -0.05) is 24.3 Å². The molecule has 2 aromatic rings. The first kappa shape index (κ1) is 14.3. The van der Waals surface area contributed by atoms with E-state index in [0.29, 0.717) is 6.04 Å². The van der Waals surface area contributed by atoms with E-state index in [4.69, 9.17) is 5.11 Å². The van der Waals surface area contributed by atoms with Crippen molar-refractivity contribution in [2.75, 3.05) is 6.54 Å². The number of hydrogen-bond acceptors (Lipinski definition) is 3. The zero-order valence-corrected chi connectivity index (χ0v) is 12.3. The van der Waals surface area contributed by atoms with E-state index >= 15 is 0 Å². The first-order valence-corrected chi connectivity index (χ1v) is 7.49. The molecule has 2 nitrogen and oxygen atoms in total. The van der Waals surface area contributed by atoms with Crippen molar-refractivity contribution in [2.45, 2.75) is 32.9 Å². The molecule has 0 bridgehead atoms. The fraction of sp³-hybridized carbons (Fsp3) is 0.375. The molecule has 3 heteroatoms. The Kier molecular flexibility index (Phi) is 5.14. The highest BCUT2D eigenvalue weighted by Crippen LogP contribution is 2.22. The molecule has 1 atom stereocenters. The predicted octanol–water partition coefficient (Wildman–Crippen LogP) is 3.44. The van der Waals surface area contributed by atoms with Crippen molar-refractivity contribution in [1.82, 2.24) is 5.32 Å². The van der Waals surface area contributed by atoms with Crippen molar-refractivity contribution < 1.29 is 5.11 Å². The minimum Gasteiger partial charge on any atom is -0.392 e. The monoisotopic (exact) mass is 275 g/mol. The van der Waals surface area contributed by atoms with Gasteiger partial charge in [-0.3, -0.25) is 0 Å². The molecule has 2 rings (SSSR count). The third-order valence-electron chi connectivity index (χ3n) is 3.26. The molecule has 1 aromatic carbocycles. The van der Waals surface area contributed by atoms with Crippen LogP contribution < -0.4 is 5.32 Å². The molecule has 102 valence electrons. The molecule has 0 amide bonds. The molecule has 19 heavy (non-hydrogen) atoms. The van der Waals surface area contributed by atoms with E-state index in [9.17, 15) is 0 Å². The molecule has 0 fully saturated rings. The molecule has 0 aliphatic carbocycles. The minimum atomic E-state index is 0.118. The predicted molar refractivity (Wildman–Crippen MR) is 81.5 cm³/mol. The number of nitrogens with one attached hydrogen (secondary N) is 1. The van der Waals surface area contributed by atoms with E-state index in [-0.39, 0.29) is 6.61 Å². The van der Waals surface area contributed by atoms with Crippen LogP contribution in [0.1, 0.15) is 33.8 Å². The van der Waals surface area contributed by atoms with Crippen LogP contribution >= 0.6 is 11.3 Å². The molecule has 1 unspecified atom stereocenters. The van der Waals surface area contributed by atoms with Gasteiger partial charge in [0.2, 0.25) is 0 Å². The standard InChI is InChI=1S/C16H21NOS/c1-12-3-8-16(19-12)13(2)17-10-9-14-4-6-15(11-18)7-5-14/h3-8,13,17-18H,9-11H2,1-2H3. The Hall–Kier alpha value is -1.16. The summed E-state index contributed by atoms with van der Waals surface area (Å²) in [6.07, 6.45) is 1.01. The molecule has 0 saturated heterocycles. The number of aliphatic hydroxyl groups excluding tert-OH is 1. The highest BCUT2D eigenvalue weighted by molar-refractivity contribution is 7.12. The summed E-state index contributed by atoms with van der Waals surface area (Å²) in [6.45, 7) is 5.44. The highest BCUT2D eigenvalue weighted by atomic mass is 32.1. The summed E-state index contributed by atoms with van der Waals surface area (Å²) in [4.78, 5) is 2.76. The maximum Gasteiger partial charge on any atom is 0.0681 e. The van der Waals surface area contributed by atoms with Crippen molar-refractivity contribution in [3.05, 3.63) is 57.3 Å². The van der Waals surface area contributed by atoms with E-state index in [1.165, 1.54) is 15.3 Å². The number of rotatable bonds is 6. The van der Waals surface area contributed by atoms with Crippen molar-refractivity contribution in [3.8, 4) is 0 Å². The van der Waals surface area contributed by atoms with Gasteiger partial charge >= 0.3 is 0 Å². The van der Waals surface area contributed by atoms with E-state index in [2.05, 4.69) is 43.4 Å². The molecule has 0 radical (unpaired) electrons. The summed E-state index contributed by atoms with van der Waals surface area (Å²) in [5.74, 6) is 0. The maximum absolute atomic E-state index is 8.99. The van der Waals surface area contributed by atoms with Crippen LogP contribution in [0.2, 0.25) is 0 Å². The second-order valence-electron chi connectivity index (χ2n) is 4.85. The van der Waals surface area contributed by atoms with Crippen molar-refractivity contribution in [2.24, 2.45) is 0 Å². The van der Waals surface area contributed by atoms with Crippen LogP contribution in [0, 0.1) is 6.92 Å². The van der Waals surface area contributed by atoms with E-state index in [1.54, 1.807) is 0 Å². The Morgan fingerprint density at radius 3 is 2.37 bits per heavy atom. The fourth-order valence-electron chi connectivity index (χ4n) is 2.03. The third kappa shape index (κ3) is 4.16. The van der Waals surface area contributed by atoms with Gasteiger partial charge in [0.15, 0.2) is 0 Å². The van der Waals surface area contributed by atoms with Gasteiger partial charge < -0.3 is 10.4 Å². The van der Waals surface area contributed by atoms with Crippen molar-refractivity contribution in [3.63, 3.8) is 0 Å². The lowest BCUT2D eigenvalue weighted by Crippen LogP contribution is -2.20. The summed E-state index contributed by atoms with van der Waals surface area (Å²) in [7, 11) is 0. The molecule has 1 heterocycles. The van der Waals surface area contributed by atoms with Gasteiger partial charge in [-0.15, -0.1) is 11.3 Å². The van der Waals surface area contributed by atoms with Crippen LogP contribution in [0.5, 0.6) is 0 Å². The lowest BCUT2D eigenvalue weighted by Gasteiger charge is -2.12. The molecule has 0 aliphatic heterocycles. The second kappa shape index (κ2) is 6.85. The Balaban J connectivity index is 1.79. The number of benzene rings is 1. The Labute approximate surface area is 119 Å². The molecular weight excluding hydrogens is 254 g/mol. The number of aliphatic hydroxyl groups is 1. The van der Waals surface area contributed by atoms with Gasteiger partial charge in [-0.05, 0) is 50.1 Å². The number of hydrogen-bond donors (Lipinski definition) is 2. The van der Waals surface area contributed by atoms with Crippen LogP contribution in [0.4, 0.5) is 0 Å². The molecule has 2 N–H and O–H groups in total. The van der Waals surface area contributed by atoms with Gasteiger partial charge in [0, 0.05) is 15.8 Å². The average Bonchev–Trinajstić information content (AvgIpc) is 2.86. The Bertz CT molecular complexity index is 504.